The maximum absolute atomic E-state index is 13.2. The third-order valence-corrected chi connectivity index (χ3v) is 6.34. The Kier molecular flexibility index (Phi) is 8.41. The Morgan fingerprint density at radius 3 is 2.59 bits per heavy atom. The molecule has 1 saturated carbocycles. The zero-order chi connectivity index (χ0) is 25.0. The molecule has 1 fully saturated rings. The summed E-state index contributed by atoms with van der Waals surface area (Å²) in [6, 6.07) is 4.82. The van der Waals surface area contributed by atoms with Crippen LogP contribution in [0.1, 0.15) is 46.1 Å². The highest BCUT2D eigenvalue weighted by Crippen LogP contribution is 2.32. The molecule has 1 aromatic carbocycles. The number of nitrogens with one attached hydrogen (secondary N) is 2. The summed E-state index contributed by atoms with van der Waals surface area (Å²) in [6.45, 7) is 8.18. The van der Waals surface area contributed by atoms with Gasteiger partial charge in [-0.15, -0.1) is 0 Å². The van der Waals surface area contributed by atoms with Crippen LogP contribution in [-0.4, -0.2) is 77.7 Å². The van der Waals surface area contributed by atoms with Crippen LogP contribution in [0.15, 0.2) is 18.2 Å². The number of carbonyl (C=O) groups excluding carboxylic acids is 3. The van der Waals surface area contributed by atoms with E-state index in [1.54, 1.807) is 35.0 Å². The first-order valence-corrected chi connectivity index (χ1v) is 12.1. The number of fused-ring (bicyclic) bond motifs is 1. The average molecular weight is 475 g/mol. The zero-order valence-corrected chi connectivity index (χ0v) is 20.8. The van der Waals surface area contributed by atoms with Gasteiger partial charge >= 0.3 is 6.03 Å². The number of rotatable bonds is 7. The maximum atomic E-state index is 13.2. The van der Waals surface area contributed by atoms with Gasteiger partial charge in [-0.1, -0.05) is 6.92 Å². The third kappa shape index (κ3) is 6.62. The quantitative estimate of drug-likeness (QED) is 0.561. The summed E-state index contributed by atoms with van der Waals surface area (Å²) >= 11 is 0. The number of hydrogen-bond acceptors (Lipinski definition) is 5. The molecule has 3 N–H and O–H groups in total. The number of hydrogen-bond donors (Lipinski definition) is 3. The van der Waals surface area contributed by atoms with Crippen LogP contribution in [0.2, 0.25) is 0 Å². The molecule has 188 valence electrons. The average Bonchev–Trinajstić information content (AvgIpc) is 3.62. The van der Waals surface area contributed by atoms with Gasteiger partial charge in [0.2, 0.25) is 11.8 Å². The fourth-order valence-corrected chi connectivity index (χ4v) is 4.03. The number of carbonyl (C=O) groups is 3. The lowest BCUT2D eigenvalue weighted by Crippen LogP contribution is -2.49. The Bertz CT molecular complexity index is 901. The van der Waals surface area contributed by atoms with Crippen molar-refractivity contribution in [2.45, 2.75) is 65.1 Å². The first kappa shape index (κ1) is 25.8. The molecule has 0 saturated heterocycles. The normalized spacial score (nSPS) is 21.5. The Morgan fingerprint density at radius 2 is 1.97 bits per heavy atom. The van der Waals surface area contributed by atoms with Crippen LogP contribution in [0.3, 0.4) is 0 Å². The Hall–Kier alpha value is -2.81. The van der Waals surface area contributed by atoms with E-state index in [2.05, 4.69) is 10.6 Å². The van der Waals surface area contributed by atoms with Gasteiger partial charge in [0.25, 0.3) is 0 Å². The summed E-state index contributed by atoms with van der Waals surface area (Å²) < 4.78 is 6.41. The van der Waals surface area contributed by atoms with Crippen LogP contribution < -0.4 is 15.4 Å². The van der Waals surface area contributed by atoms with Gasteiger partial charge in [0.05, 0.1) is 25.6 Å². The summed E-state index contributed by atoms with van der Waals surface area (Å²) in [6.07, 6.45) is 1.52. The number of likely N-dealkylation sites (N-methyl/N-ethyl adjacent to an activating group) is 1. The molecule has 1 heterocycles. The van der Waals surface area contributed by atoms with Gasteiger partial charge in [-0.25, -0.2) is 4.79 Å². The van der Waals surface area contributed by atoms with Gasteiger partial charge in [-0.3, -0.25) is 9.59 Å². The van der Waals surface area contributed by atoms with Crippen LogP contribution >= 0.6 is 0 Å². The zero-order valence-electron chi connectivity index (χ0n) is 20.8. The van der Waals surface area contributed by atoms with Crippen LogP contribution in [0.5, 0.6) is 5.75 Å². The van der Waals surface area contributed by atoms with Crippen molar-refractivity contribution in [2.24, 2.45) is 11.8 Å². The molecule has 4 amide bonds. The number of amides is 4. The molecule has 0 unspecified atom stereocenters. The minimum absolute atomic E-state index is 0.00456. The number of urea groups is 1. The predicted octanol–water partition coefficient (Wildman–Crippen LogP) is 2.23. The molecule has 1 aliphatic carbocycles. The Morgan fingerprint density at radius 1 is 1.26 bits per heavy atom. The lowest BCUT2D eigenvalue weighted by molar-refractivity contribution is -0.134. The van der Waals surface area contributed by atoms with E-state index >= 15 is 0 Å². The van der Waals surface area contributed by atoms with Gasteiger partial charge in [-0.2, -0.15) is 0 Å². The second-order valence-electron chi connectivity index (χ2n) is 9.96. The molecular formula is C25H38N4O5. The number of ether oxygens (including phenoxy) is 1. The Balaban J connectivity index is 1.89. The molecule has 0 bridgehead atoms. The molecule has 9 heteroatoms. The smallest absolute Gasteiger partial charge is 0.317 e. The number of nitrogens with zero attached hydrogens (tertiary/aromatic N) is 2. The van der Waals surface area contributed by atoms with E-state index in [1.807, 2.05) is 27.7 Å². The van der Waals surface area contributed by atoms with E-state index in [4.69, 9.17) is 4.74 Å². The molecule has 0 aromatic heterocycles. The number of aliphatic hydroxyl groups excluding tert-OH is 1. The van der Waals surface area contributed by atoms with Gasteiger partial charge in [-0.05, 0) is 51.8 Å². The largest absolute Gasteiger partial charge is 0.488 e. The van der Waals surface area contributed by atoms with Crippen LogP contribution in [0.4, 0.5) is 10.5 Å². The van der Waals surface area contributed by atoms with Crippen molar-refractivity contribution in [1.82, 2.24) is 15.1 Å². The Labute approximate surface area is 201 Å². The minimum atomic E-state index is -0.382. The van der Waals surface area contributed by atoms with Gasteiger partial charge in [0.1, 0.15) is 11.9 Å². The van der Waals surface area contributed by atoms with Gasteiger partial charge < -0.3 is 30.3 Å². The SMILES string of the molecule is CC(C)NC(=O)N(C)C[C@H]1Oc2ccc(NC(=O)C3CC3)cc2CC(=O)N([C@H](C)CO)C[C@@H]1C. The lowest BCUT2D eigenvalue weighted by Gasteiger charge is -2.34. The van der Waals surface area contributed by atoms with E-state index in [1.165, 1.54) is 0 Å². The standard InChI is InChI=1S/C25H38N4O5/c1-15(2)26-25(33)28(5)13-22-16(3)12-29(17(4)14-30)23(31)11-19-10-20(8-9-21(19)34-22)27-24(32)18-6-7-18/h8-10,15-18,22,30H,6-7,11-14H2,1-5H3,(H,26,33)(H,27,32)/t16-,17+,22+/m0/s1. The fraction of sp³-hybridized carbons (Fsp3) is 0.640. The summed E-state index contributed by atoms with van der Waals surface area (Å²) in [5.74, 6) is 0.408. The van der Waals surface area contributed by atoms with Crippen molar-refractivity contribution in [2.75, 3.05) is 32.1 Å². The second kappa shape index (κ2) is 11.1. The summed E-state index contributed by atoms with van der Waals surface area (Å²) in [4.78, 5) is 41.2. The minimum Gasteiger partial charge on any atom is -0.488 e. The lowest BCUT2D eigenvalue weighted by atomic mass is 10.0. The van der Waals surface area contributed by atoms with E-state index in [0.717, 1.165) is 12.8 Å². The van der Waals surface area contributed by atoms with E-state index in [9.17, 15) is 19.5 Å². The molecular weight excluding hydrogens is 436 g/mol. The highest BCUT2D eigenvalue weighted by atomic mass is 16.5. The van der Waals surface area contributed by atoms with Crippen molar-refractivity contribution in [3.05, 3.63) is 23.8 Å². The molecule has 1 aliphatic heterocycles. The summed E-state index contributed by atoms with van der Waals surface area (Å²) in [5.41, 5.74) is 1.30. The van der Waals surface area contributed by atoms with Crippen LogP contribution in [0.25, 0.3) is 0 Å². The van der Waals surface area contributed by atoms with E-state index < -0.39 is 0 Å². The van der Waals surface area contributed by atoms with Crippen LogP contribution in [0, 0.1) is 11.8 Å². The van der Waals surface area contributed by atoms with E-state index in [-0.39, 0.29) is 60.9 Å². The highest BCUT2D eigenvalue weighted by molar-refractivity contribution is 5.94. The van der Waals surface area contributed by atoms with Crippen LogP contribution in [-0.2, 0) is 16.0 Å². The third-order valence-electron chi connectivity index (χ3n) is 6.34. The topological polar surface area (TPSA) is 111 Å². The van der Waals surface area contributed by atoms with Crippen molar-refractivity contribution < 1.29 is 24.2 Å². The molecule has 3 rings (SSSR count). The molecule has 9 nitrogen and oxygen atoms in total. The molecule has 1 aromatic rings. The van der Waals surface area contributed by atoms with Gasteiger partial charge in [0, 0.05) is 42.7 Å². The number of anilines is 1. The van der Waals surface area contributed by atoms with Crippen molar-refractivity contribution in [3.63, 3.8) is 0 Å². The van der Waals surface area contributed by atoms with E-state index in [0.29, 0.717) is 30.1 Å². The molecule has 0 radical (unpaired) electrons. The molecule has 34 heavy (non-hydrogen) atoms. The second-order valence-corrected chi connectivity index (χ2v) is 9.96. The van der Waals surface area contributed by atoms with Crippen molar-refractivity contribution >= 4 is 23.5 Å². The summed E-state index contributed by atoms with van der Waals surface area (Å²) in [5, 5.41) is 15.6. The maximum Gasteiger partial charge on any atom is 0.317 e. The molecule has 0 spiro atoms. The van der Waals surface area contributed by atoms with Crippen molar-refractivity contribution in [1.29, 1.82) is 0 Å². The van der Waals surface area contributed by atoms with Crippen molar-refractivity contribution in [3.8, 4) is 5.75 Å². The number of aliphatic hydroxyl groups is 1. The molecule has 3 atom stereocenters. The highest BCUT2D eigenvalue weighted by Gasteiger charge is 2.33. The first-order valence-electron chi connectivity index (χ1n) is 12.1. The number of benzene rings is 1. The fourth-order valence-electron chi connectivity index (χ4n) is 4.03. The molecule has 2 aliphatic rings. The predicted molar refractivity (Wildman–Crippen MR) is 130 cm³/mol. The monoisotopic (exact) mass is 474 g/mol. The van der Waals surface area contributed by atoms with Gasteiger partial charge in [0.15, 0.2) is 0 Å². The first-order chi connectivity index (χ1) is 16.1. The summed E-state index contributed by atoms with van der Waals surface area (Å²) in [7, 11) is 1.72.